The first-order valence-corrected chi connectivity index (χ1v) is 5.52. The molecule has 0 fully saturated rings. The molecule has 0 atom stereocenters. The van der Waals surface area contributed by atoms with Crippen molar-refractivity contribution in [1.29, 1.82) is 5.26 Å². The molecular weight excluding hydrogens is 254 g/mol. The molecule has 3 nitrogen and oxygen atoms in total. The molecule has 15 heavy (non-hydrogen) atoms. The number of halogens is 1. The van der Waals surface area contributed by atoms with E-state index in [0.29, 0.717) is 6.42 Å². The smallest absolute Gasteiger partial charge is 0.0635 e. The van der Waals surface area contributed by atoms with E-state index in [2.05, 4.69) is 26.9 Å². The van der Waals surface area contributed by atoms with Crippen LogP contribution in [-0.2, 0) is 6.54 Å². The molecule has 0 aliphatic carbocycles. The highest BCUT2D eigenvalue weighted by atomic mass is 79.9. The van der Waals surface area contributed by atoms with Crippen molar-refractivity contribution in [2.45, 2.75) is 13.0 Å². The number of nitriles is 1. The van der Waals surface area contributed by atoms with E-state index in [1.807, 2.05) is 25.2 Å². The second-order valence-electron chi connectivity index (χ2n) is 3.49. The summed E-state index contributed by atoms with van der Waals surface area (Å²) in [5, 5.41) is 8.46. The van der Waals surface area contributed by atoms with Crippen LogP contribution in [0.15, 0.2) is 22.7 Å². The second kappa shape index (κ2) is 5.74. The van der Waals surface area contributed by atoms with Crippen LogP contribution in [0, 0.1) is 11.3 Å². The summed E-state index contributed by atoms with van der Waals surface area (Å²) in [6, 6.07) is 8.00. The number of hydrogen-bond donors (Lipinski definition) is 1. The van der Waals surface area contributed by atoms with Crippen LogP contribution >= 0.6 is 15.9 Å². The highest BCUT2D eigenvalue weighted by Gasteiger charge is 2.03. The molecule has 0 aromatic heterocycles. The Morgan fingerprint density at radius 1 is 1.53 bits per heavy atom. The maximum Gasteiger partial charge on any atom is 0.0635 e. The lowest BCUT2D eigenvalue weighted by atomic mass is 10.1. The minimum Gasteiger partial charge on any atom is -0.398 e. The summed E-state index contributed by atoms with van der Waals surface area (Å²) in [4.78, 5) is 2.09. The molecule has 2 N–H and O–H groups in total. The number of nitrogens with two attached hydrogens (primary N) is 1. The molecule has 0 amide bonds. The lowest BCUT2D eigenvalue weighted by Gasteiger charge is -2.16. The molecule has 0 saturated heterocycles. The third-order valence-electron chi connectivity index (χ3n) is 2.15. The Balaban J connectivity index is 2.61. The second-order valence-corrected chi connectivity index (χ2v) is 4.40. The van der Waals surface area contributed by atoms with Gasteiger partial charge in [0.15, 0.2) is 0 Å². The van der Waals surface area contributed by atoms with Crippen LogP contribution in [-0.4, -0.2) is 18.5 Å². The van der Waals surface area contributed by atoms with Crippen molar-refractivity contribution in [2.75, 3.05) is 19.3 Å². The summed E-state index contributed by atoms with van der Waals surface area (Å²) in [6.07, 6.45) is 0.549. The fourth-order valence-electron chi connectivity index (χ4n) is 1.32. The molecule has 0 aliphatic rings. The van der Waals surface area contributed by atoms with Crippen LogP contribution in [0.2, 0.25) is 0 Å². The van der Waals surface area contributed by atoms with Crippen LogP contribution in [0.3, 0.4) is 0 Å². The molecular formula is C11H14BrN3. The van der Waals surface area contributed by atoms with Gasteiger partial charge in [-0.05, 0) is 24.7 Å². The van der Waals surface area contributed by atoms with Gasteiger partial charge in [0.05, 0.1) is 6.07 Å². The topological polar surface area (TPSA) is 53.0 Å². The van der Waals surface area contributed by atoms with Gasteiger partial charge in [0.25, 0.3) is 0 Å². The van der Waals surface area contributed by atoms with Gasteiger partial charge >= 0.3 is 0 Å². The van der Waals surface area contributed by atoms with Crippen LogP contribution < -0.4 is 5.73 Å². The van der Waals surface area contributed by atoms with Crippen LogP contribution in [0.25, 0.3) is 0 Å². The molecule has 0 saturated carbocycles. The van der Waals surface area contributed by atoms with E-state index in [1.165, 1.54) is 0 Å². The summed E-state index contributed by atoms with van der Waals surface area (Å²) in [6.45, 7) is 1.55. The summed E-state index contributed by atoms with van der Waals surface area (Å²) < 4.78 is 0.989. The van der Waals surface area contributed by atoms with Gasteiger partial charge in [0, 0.05) is 29.7 Å². The Hall–Kier alpha value is -1.05. The number of nitrogens with zero attached hydrogens (tertiary/aromatic N) is 2. The Bertz CT molecular complexity index is 371. The molecule has 80 valence electrons. The standard InChI is InChI=1S/C11H14BrN3/c1-15(6-2-5-13)8-9-3-4-10(12)7-11(9)14/h3-4,7H,2,6,8,14H2,1H3. The SMILES string of the molecule is CN(CCC#N)Cc1ccc(Br)cc1N. The predicted molar refractivity (Wildman–Crippen MR) is 65.1 cm³/mol. The number of anilines is 1. The van der Waals surface area contributed by atoms with Gasteiger partial charge in [-0.2, -0.15) is 5.26 Å². The first-order valence-electron chi connectivity index (χ1n) is 4.73. The molecule has 1 aromatic carbocycles. The van der Waals surface area contributed by atoms with Gasteiger partial charge in [-0.1, -0.05) is 22.0 Å². The summed E-state index contributed by atoms with van der Waals surface area (Å²) in [5.74, 6) is 0. The van der Waals surface area contributed by atoms with Crippen molar-refractivity contribution >= 4 is 21.6 Å². The van der Waals surface area contributed by atoms with E-state index in [9.17, 15) is 0 Å². The van der Waals surface area contributed by atoms with Crippen molar-refractivity contribution < 1.29 is 0 Å². The highest BCUT2D eigenvalue weighted by molar-refractivity contribution is 9.10. The minimum atomic E-state index is 0.549. The van der Waals surface area contributed by atoms with Crippen molar-refractivity contribution in [1.82, 2.24) is 4.90 Å². The first kappa shape index (κ1) is 12.0. The lowest BCUT2D eigenvalue weighted by Crippen LogP contribution is -2.19. The molecule has 4 heteroatoms. The van der Waals surface area contributed by atoms with Gasteiger partial charge in [-0.15, -0.1) is 0 Å². The molecule has 0 aliphatic heterocycles. The Labute approximate surface area is 98.6 Å². The fraction of sp³-hybridized carbons (Fsp3) is 0.364. The zero-order valence-electron chi connectivity index (χ0n) is 8.70. The van der Waals surface area contributed by atoms with Crippen molar-refractivity contribution in [3.05, 3.63) is 28.2 Å². The third-order valence-corrected chi connectivity index (χ3v) is 2.65. The van der Waals surface area contributed by atoms with Gasteiger partial charge in [0.1, 0.15) is 0 Å². The highest BCUT2D eigenvalue weighted by Crippen LogP contribution is 2.19. The van der Waals surface area contributed by atoms with E-state index >= 15 is 0 Å². The molecule has 0 bridgehead atoms. The van der Waals surface area contributed by atoms with Crippen molar-refractivity contribution in [2.24, 2.45) is 0 Å². The Morgan fingerprint density at radius 3 is 2.87 bits per heavy atom. The van der Waals surface area contributed by atoms with Crippen molar-refractivity contribution in [3.63, 3.8) is 0 Å². The van der Waals surface area contributed by atoms with Crippen LogP contribution in [0.1, 0.15) is 12.0 Å². The molecule has 0 spiro atoms. The van der Waals surface area contributed by atoms with Crippen LogP contribution in [0.5, 0.6) is 0 Å². The number of nitrogen functional groups attached to an aromatic ring is 1. The van der Waals surface area contributed by atoms with Crippen LogP contribution in [0.4, 0.5) is 5.69 Å². The Morgan fingerprint density at radius 2 is 2.27 bits per heavy atom. The van der Waals surface area contributed by atoms with E-state index in [0.717, 1.165) is 28.8 Å². The Kier molecular flexibility index (Phi) is 4.60. The lowest BCUT2D eigenvalue weighted by molar-refractivity contribution is 0.335. The molecule has 0 unspecified atom stereocenters. The monoisotopic (exact) mass is 267 g/mol. The van der Waals surface area contributed by atoms with E-state index in [-0.39, 0.29) is 0 Å². The third kappa shape index (κ3) is 3.90. The summed E-state index contributed by atoms with van der Waals surface area (Å²) in [5.41, 5.74) is 7.76. The van der Waals surface area contributed by atoms with E-state index in [4.69, 9.17) is 11.0 Å². The number of rotatable bonds is 4. The number of benzene rings is 1. The van der Waals surface area contributed by atoms with Gasteiger partial charge < -0.3 is 10.6 Å². The number of hydrogen-bond acceptors (Lipinski definition) is 3. The molecule has 0 heterocycles. The zero-order valence-corrected chi connectivity index (χ0v) is 10.3. The molecule has 1 rings (SSSR count). The maximum absolute atomic E-state index is 8.46. The average molecular weight is 268 g/mol. The summed E-state index contributed by atoms with van der Waals surface area (Å²) >= 11 is 3.37. The van der Waals surface area contributed by atoms with E-state index in [1.54, 1.807) is 0 Å². The minimum absolute atomic E-state index is 0.549. The predicted octanol–water partition coefficient (Wildman–Crippen LogP) is 2.38. The van der Waals surface area contributed by atoms with Gasteiger partial charge in [-0.3, -0.25) is 0 Å². The average Bonchev–Trinajstić information content (AvgIpc) is 2.19. The van der Waals surface area contributed by atoms with Crippen molar-refractivity contribution in [3.8, 4) is 6.07 Å². The molecule has 1 aromatic rings. The zero-order chi connectivity index (χ0) is 11.3. The largest absolute Gasteiger partial charge is 0.398 e. The molecule has 0 radical (unpaired) electrons. The maximum atomic E-state index is 8.46. The normalized spacial score (nSPS) is 10.3. The van der Waals surface area contributed by atoms with Gasteiger partial charge in [0.2, 0.25) is 0 Å². The fourth-order valence-corrected chi connectivity index (χ4v) is 1.70. The quantitative estimate of drug-likeness (QED) is 0.853. The van der Waals surface area contributed by atoms with E-state index < -0.39 is 0 Å². The van der Waals surface area contributed by atoms with Gasteiger partial charge in [-0.25, -0.2) is 0 Å². The summed E-state index contributed by atoms with van der Waals surface area (Å²) in [7, 11) is 1.98. The first-order chi connectivity index (χ1) is 7.13.